The molecule has 0 spiro atoms. The van der Waals surface area contributed by atoms with Gasteiger partial charge in [-0.3, -0.25) is 15.2 Å². The topological polar surface area (TPSA) is 140 Å². The Hall–Kier alpha value is -2.02. The van der Waals surface area contributed by atoms with Crippen LogP contribution < -0.4 is 5.73 Å². The maximum atomic E-state index is 10.5. The number of halogens is 1. The van der Waals surface area contributed by atoms with Crippen LogP contribution in [0, 0.1) is 15.9 Å². The third-order valence-electron chi connectivity index (χ3n) is 2.75. The zero-order valence-corrected chi connectivity index (χ0v) is 16.1. The number of benzene rings is 2. The number of rotatable bonds is 3. The number of hydroxylamine groups is 1. The Balaban J connectivity index is 0.000000257. The number of nitrogens with one attached hydrogen (secondary N) is 1. The van der Waals surface area contributed by atoms with E-state index in [0.717, 1.165) is 14.7 Å². The lowest BCUT2D eigenvalue weighted by Crippen LogP contribution is -2.28. The van der Waals surface area contributed by atoms with E-state index in [4.69, 9.17) is 20.9 Å². The quantitative estimate of drug-likeness (QED) is 0.176. The molecular weight excluding hydrogens is 459 g/mol. The van der Waals surface area contributed by atoms with E-state index in [1.807, 2.05) is 31.2 Å². The fraction of sp³-hybridized carbons (Fsp3) is 0.0667. The van der Waals surface area contributed by atoms with Crippen molar-refractivity contribution in [3.05, 3.63) is 63.2 Å². The van der Waals surface area contributed by atoms with Crippen molar-refractivity contribution in [2.24, 2.45) is 10.8 Å². The molecule has 0 unspecified atom stereocenters. The maximum Gasteiger partial charge on any atom is 0.294 e. The minimum Gasteiger partial charge on any atom is -0.367 e. The van der Waals surface area contributed by atoms with Crippen LogP contribution in [0.5, 0.6) is 0 Å². The fourth-order valence-corrected chi connectivity index (χ4v) is 2.48. The van der Waals surface area contributed by atoms with E-state index < -0.39 is 16.1 Å². The molecule has 2 aromatic rings. The fourth-order valence-electron chi connectivity index (χ4n) is 1.47. The first-order chi connectivity index (χ1) is 11.6. The monoisotopic (exact) mass is 476 g/mol. The van der Waals surface area contributed by atoms with Gasteiger partial charge in [-0.25, -0.2) is 0 Å². The van der Waals surface area contributed by atoms with Gasteiger partial charge in [-0.1, -0.05) is 35.9 Å². The largest absolute Gasteiger partial charge is 0.367 e. The van der Waals surface area contributed by atoms with Gasteiger partial charge in [-0.15, -0.1) is 5.17 Å². The zero-order valence-electron chi connectivity index (χ0n) is 13.2. The van der Waals surface area contributed by atoms with Gasteiger partial charge in [0.1, 0.15) is 0 Å². The van der Waals surface area contributed by atoms with Crippen molar-refractivity contribution in [3.63, 3.8) is 0 Å². The normalized spacial score (nSPS) is 10.9. The molecule has 2 aromatic carbocycles. The Kier molecular flexibility index (Phi) is 7.96. The van der Waals surface area contributed by atoms with E-state index in [0.29, 0.717) is 5.17 Å². The smallest absolute Gasteiger partial charge is 0.294 e. The molecule has 0 radical (unpaired) electrons. The predicted molar refractivity (Wildman–Crippen MR) is 103 cm³/mol. The first kappa shape index (κ1) is 21.0. The minimum absolute atomic E-state index is 0.0666. The Bertz CT molecular complexity index is 854. The van der Waals surface area contributed by atoms with Crippen LogP contribution in [0.3, 0.4) is 0 Å². The second kappa shape index (κ2) is 9.46. The van der Waals surface area contributed by atoms with E-state index in [9.17, 15) is 8.42 Å². The Labute approximate surface area is 159 Å². The average molecular weight is 476 g/mol. The van der Waals surface area contributed by atoms with Crippen molar-refractivity contribution < 1.29 is 18.2 Å². The van der Waals surface area contributed by atoms with Crippen LogP contribution in [-0.4, -0.2) is 35.5 Å². The molecule has 0 saturated heterocycles. The molecule has 0 aromatic heterocycles. The van der Waals surface area contributed by atoms with Gasteiger partial charge < -0.3 is 5.73 Å². The van der Waals surface area contributed by atoms with E-state index in [2.05, 4.69) is 27.7 Å². The lowest BCUT2D eigenvalue weighted by molar-refractivity contribution is -0.0139. The van der Waals surface area contributed by atoms with Crippen molar-refractivity contribution >= 4 is 44.9 Å². The number of hydrogen-bond donors (Lipinski definition) is 4. The molecule has 134 valence electrons. The second-order valence-electron chi connectivity index (χ2n) is 4.73. The molecule has 0 bridgehead atoms. The van der Waals surface area contributed by atoms with E-state index in [-0.39, 0.29) is 4.90 Å². The number of hydrogen-bond acceptors (Lipinski definition) is 5. The summed E-state index contributed by atoms with van der Waals surface area (Å²) >= 11 is 2.15. The van der Waals surface area contributed by atoms with Gasteiger partial charge in [0.25, 0.3) is 10.1 Å². The molecule has 0 heterocycles. The van der Waals surface area contributed by atoms with Crippen LogP contribution in [0.4, 0.5) is 0 Å². The first-order valence-corrected chi connectivity index (χ1v) is 9.29. The number of nitrogens with two attached hydrogens (primary N) is 1. The second-order valence-corrected chi connectivity index (χ2v) is 7.31. The van der Waals surface area contributed by atoms with Crippen molar-refractivity contribution in [1.29, 1.82) is 5.41 Å². The summed E-state index contributed by atoms with van der Waals surface area (Å²) in [7, 11) is -4.02. The number of guanidine groups is 1. The Morgan fingerprint density at radius 2 is 1.80 bits per heavy atom. The minimum atomic E-state index is -4.02. The Morgan fingerprint density at radius 1 is 1.24 bits per heavy atom. The van der Waals surface area contributed by atoms with Crippen LogP contribution in [-0.2, 0) is 10.1 Å². The molecule has 5 N–H and O–H groups in total. The van der Waals surface area contributed by atoms with Gasteiger partial charge >= 0.3 is 0 Å². The highest BCUT2D eigenvalue weighted by Gasteiger charge is 2.06. The number of aryl methyl sites for hydroxylation is 1. The summed E-state index contributed by atoms with van der Waals surface area (Å²) in [4.78, 5) is -0.0666. The highest BCUT2D eigenvalue weighted by atomic mass is 127. The molecule has 0 aliphatic heterocycles. The molecule has 10 heteroatoms. The van der Waals surface area contributed by atoms with Crippen molar-refractivity contribution in [2.45, 2.75) is 11.8 Å². The zero-order chi connectivity index (χ0) is 19.0. The molecule has 25 heavy (non-hydrogen) atoms. The summed E-state index contributed by atoms with van der Waals surface area (Å²) in [6.07, 6.45) is 1.43. The van der Waals surface area contributed by atoms with Gasteiger partial charge in [-0.05, 0) is 47.7 Å². The maximum absolute atomic E-state index is 10.5. The third-order valence-corrected chi connectivity index (χ3v) is 4.60. The molecule has 8 nitrogen and oxygen atoms in total. The lowest BCUT2D eigenvalue weighted by Gasteiger charge is -2.05. The van der Waals surface area contributed by atoms with Crippen LogP contribution in [0.25, 0.3) is 0 Å². The van der Waals surface area contributed by atoms with Gasteiger partial charge in [0.2, 0.25) is 5.96 Å². The molecule has 0 aliphatic rings. The van der Waals surface area contributed by atoms with Crippen LogP contribution in [0.1, 0.15) is 11.1 Å². The lowest BCUT2D eigenvalue weighted by atomic mass is 10.2. The van der Waals surface area contributed by atoms with Gasteiger partial charge in [-0.2, -0.15) is 13.5 Å². The van der Waals surface area contributed by atoms with E-state index in [1.165, 1.54) is 18.3 Å². The van der Waals surface area contributed by atoms with Gasteiger partial charge in [0.15, 0.2) is 0 Å². The highest BCUT2D eigenvalue weighted by Crippen LogP contribution is 2.09. The summed E-state index contributed by atoms with van der Waals surface area (Å²) in [5, 5.41) is 19.7. The average Bonchev–Trinajstić information content (AvgIpc) is 2.54. The van der Waals surface area contributed by atoms with Crippen molar-refractivity contribution in [2.75, 3.05) is 0 Å². The molecule has 0 fully saturated rings. The highest BCUT2D eigenvalue weighted by molar-refractivity contribution is 14.1. The number of nitrogens with zero attached hydrogens (tertiary/aromatic N) is 2. The summed E-state index contributed by atoms with van der Waals surface area (Å²) < 4.78 is 30.6. The van der Waals surface area contributed by atoms with Gasteiger partial charge in [0, 0.05) is 9.13 Å². The molecule has 0 amide bonds. The summed E-state index contributed by atoms with van der Waals surface area (Å²) in [6, 6.07) is 13.5. The van der Waals surface area contributed by atoms with Crippen LogP contribution in [0.2, 0.25) is 0 Å². The Morgan fingerprint density at radius 3 is 2.28 bits per heavy atom. The van der Waals surface area contributed by atoms with Crippen molar-refractivity contribution in [3.8, 4) is 0 Å². The van der Waals surface area contributed by atoms with Crippen LogP contribution in [0.15, 0.2) is 58.5 Å². The standard InChI is InChI=1S/C8H9IN4O.C7H8O3S/c9-7-4-2-1-3-6(7)5-12-13(14)8(10)11;1-6-2-4-7(5-3-6)11(8,9)10/h1-5,14H,(H3,10,11);2-5H,1H3,(H,8,9,10)/b12-5+;. The molecule has 0 atom stereocenters. The summed E-state index contributed by atoms with van der Waals surface area (Å²) in [5.74, 6) is -0.521. The van der Waals surface area contributed by atoms with Gasteiger partial charge in [0.05, 0.1) is 11.1 Å². The summed E-state index contributed by atoms with van der Waals surface area (Å²) in [5.41, 5.74) is 6.79. The SMILES string of the molecule is Cc1ccc(S(=O)(=O)O)cc1.N=C(N)N(O)/N=C/c1ccccc1I. The van der Waals surface area contributed by atoms with Crippen molar-refractivity contribution in [1.82, 2.24) is 5.17 Å². The molecule has 0 saturated carbocycles. The molecular formula is C15H17IN4O4S. The molecule has 0 aliphatic carbocycles. The first-order valence-electron chi connectivity index (χ1n) is 6.77. The number of hydrazone groups is 1. The van der Waals surface area contributed by atoms with Crippen LogP contribution >= 0.6 is 22.6 Å². The summed E-state index contributed by atoms with van der Waals surface area (Å²) in [6.45, 7) is 1.84. The van der Waals surface area contributed by atoms with E-state index >= 15 is 0 Å². The predicted octanol–water partition coefficient (Wildman–Crippen LogP) is 2.45. The third kappa shape index (κ3) is 7.60. The molecule has 2 rings (SSSR count). The van der Waals surface area contributed by atoms with E-state index in [1.54, 1.807) is 12.1 Å².